The van der Waals surface area contributed by atoms with Crippen LogP contribution in [0.2, 0.25) is 0 Å². The molecule has 0 saturated heterocycles. The minimum Gasteiger partial charge on any atom is -0.511 e. The third-order valence-corrected chi connectivity index (χ3v) is 1.98. The number of allylic oxidation sites excluding steroid dienone is 2. The highest BCUT2D eigenvalue weighted by atomic mass is 16.3. The fourth-order valence-electron chi connectivity index (χ4n) is 0.995. The third kappa shape index (κ3) is 3.44. The fourth-order valence-corrected chi connectivity index (χ4v) is 0.995. The molecule has 0 unspecified atom stereocenters. The summed E-state index contributed by atoms with van der Waals surface area (Å²) in [5.41, 5.74) is 1.89. The lowest BCUT2D eigenvalue weighted by atomic mass is 10.2. The Labute approximate surface area is 84.6 Å². The van der Waals surface area contributed by atoms with Gasteiger partial charge in [0.05, 0.1) is 5.70 Å². The first-order valence-corrected chi connectivity index (χ1v) is 4.63. The number of benzene rings is 1. The van der Waals surface area contributed by atoms with Crippen LogP contribution in [0.4, 0.5) is 0 Å². The number of aliphatic imine (C=N–C) groups is 1. The molecule has 1 N–H and O–H groups in total. The number of rotatable bonds is 3. The number of aliphatic hydroxyl groups excluding tert-OH is 1. The van der Waals surface area contributed by atoms with Gasteiger partial charge in [-0.05, 0) is 19.4 Å². The Morgan fingerprint density at radius 3 is 2.50 bits per heavy atom. The Balaban J connectivity index is 2.54. The fraction of sp³-hybridized carbons (Fsp3) is 0.250. The maximum Gasteiger partial charge on any atom is 0.110 e. The highest BCUT2D eigenvalue weighted by Crippen LogP contribution is 2.01. The molecule has 1 aromatic carbocycles. The van der Waals surface area contributed by atoms with Gasteiger partial charge in [-0.3, -0.25) is 4.99 Å². The van der Waals surface area contributed by atoms with Crippen molar-refractivity contribution < 1.29 is 5.11 Å². The predicted molar refractivity (Wildman–Crippen MR) is 59.6 cm³/mol. The normalized spacial score (nSPS) is 13.0. The average Bonchev–Trinajstić information content (AvgIpc) is 2.19. The van der Waals surface area contributed by atoms with Gasteiger partial charge in [0.1, 0.15) is 5.76 Å². The van der Waals surface area contributed by atoms with Crippen molar-refractivity contribution in [3.05, 3.63) is 47.4 Å². The van der Waals surface area contributed by atoms with Crippen molar-refractivity contribution in [3.8, 4) is 0 Å². The van der Waals surface area contributed by atoms with Gasteiger partial charge in [-0.2, -0.15) is 0 Å². The van der Waals surface area contributed by atoms with E-state index in [2.05, 4.69) is 17.1 Å². The van der Waals surface area contributed by atoms with Gasteiger partial charge in [0.15, 0.2) is 0 Å². The monoisotopic (exact) mass is 189 g/mol. The van der Waals surface area contributed by atoms with Crippen LogP contribution in [0.15, 0.2) is 46.8 Å². The number of hydrogen-bond donors (Lipinski definition) is 1. The summed E-state index contributed by atoms with van der Waals surface area (Å²) in [6, 6.07) is 10.1. The van der Waals surface area contributed by atoms with Gasteiger partial charge in [0.2, 0.25) is 0 Å². The number of nitrogens with zero attached hydrogens (tertiary/aromatic N) is 1. The van der Waals surface area contributed by atoms with E-state index in [0.717, 1.165) is 6.42 Å². The molecule has 0 aliphatic heterocycles. The molecule has 0 aromatic heterocycles. The molecular formula is C12H15NO. The zero-order chi connectivity index (χ0) is 10.4. The van der Waals surface area contributed by atoms with Gasteiger partial charge >= 0.3 is 0 Å². The molecule has 2 nitrogen and oxygen atoms in total. The summed E-state index contributed by atoms with van der Waals surface area (Å²) < 4.78 is 0. The van der Waals surface area contributed by atoms with Gasteiger partial charge in [0.25, 0.3) is 0 Å². The molecule has 1 rings (SSSR count). The van der Waals surface area contributed by atoms with Crippen LogP contribution in [0.3, 0.4) is 0 Å². The molecule has 0 bridgehead atoms. The summed E-state index contributed by atoms with van der Waals surface area (Å²) in [6.07, 6.45) is 2.61. The van der Waals surface area contributed by atoms with Crippen LogP contribution in [0, 0.1) is 0 Å². The summed E-state index contributed by atoms with van der Waals surface area (Å²) in [4.78, 5) is 4.12. The molecule has 74 valence electrons. The van der Waals surface area contributed by atoms with Crippen molar-refractivity contribution in [1.82, 2.24) is 0 Å². The van der Waals surface area contributed by atoms with E-state index in [-0.39, 0.29) is 5.76 Å². The predicted octanol–water partition coefficient (Wildman–Crippen LogP) is 3.11. The number of hydrogen-bond acceptors (Lipinski definition) is 2. The van der Waals surface area contributed by atoms with E-state index in [1.165, 1.54) is 5.56 Å². The first-order valence-electron chi connectivity index (χ1n) is 4.63. The van der Waals surface area contributed by atoms with E-state index in [1.54, 1.807) is 13.8 Å². The summed E-state index contributed by atoms with van der Waals surface area (Å²) >= 11 is 0. The van der Waals surface area contributed by atoms with Gasteiger partial charge < -0.3 is 5.11 Å². The summed E-state index contributed by atoms with van der Waals surface area (Å²) in [5.74, 6) is 0.273. The van der Waals surface area contributed by atoms with Crippen LogP contribution in [0.25, 0.3) is 0 Å². The minimum absolute atomic E-state index is 0.273. The van der Waals surface area contributed by atoms with Crippen molar-refractivity contribution in [2.24, 2.45) is 4.99 Å². The zero-order valence-corrected chi connectivity index (χ0v) is 8.57. The topological polar surface area (TPSA) is 32.6 Å². The molecular weight excluding hydrogens is 174 g/mol. The standard InChI is InChI=1S/C12H15NO/c1-10(11(2)14)13-9-8-12-6-4-3-5-7-12/h3-7,9,14H,8H2,1-2H3/b11-10-,13-9?. The lowest BCUT2D eigenvalue weighted by Crippen LogP contribution is -1.86. The van der Waals surface area contributed by atoms with Crippen molar-refractivity contribution in [3.63, 3.8) is 0 Å². The zero-order valence-electron chi connectivity index (χ0n) is 8.57. The molecule has 0 atom stereocenters. The van der Waals surface area contributed by atoms with Crippen molar-refractivity contribution in [1.29, 1.82) is 0 Å². The molecule has 1 aromatic rings. The van der Waals surface area contributed by atoms with Crippen LogP contribution < -0.4 is 0 Å². The molecule has 0 saturated carbocycles. The van der Waals surface area contributed by atoms with E-state index in [4.69, 9.17) is 5.11 Å². The third-order valence-electron chi connectivity index (χ3n) is 1.98. The smallest absolute Gasteiger partial charge is 0.110 e. The van der Waals surface area contributed by atoms with Crippen molar-refractivity contribution in [2.45, 2.75) is 20.3 Å². The van der Waals surface area contributed by atoms with Crippen molar-refractivity contribution in [2.75, 3.05) is 0 Å². The molecule has 2 heteroatoms. The van der Waals surface area contributed by atoms with Crippen LogP contribution >= 0.6 is 0 Å². The highest BCUT2D eigenvalue weighted by molar-refractivity contribution is 5.62. The average molecular weight is 189 g/mol. The highest BCUT2D eigenvalue weighted by Gasteiger charge is 1.90. The van der Waals surface area contributed by atoms with Gasteiger partial charge in [-0.25, -0.2) is 0 Å². The molecule has 0 heterocycles. The van der Waals surface area contributed by atoms with E-state index in [1.807, 2.05) is 24.4 Å². The van der Waals surface area contributed by atoms with Crippen molar-refractivity contribution >= 4 is 6.21 Å². The first kappa shape index (κ1) is 10.5. The SMILES string of the molecule is C/C(O)=C(\C)N=CCc1ccccc1. The van der Waals surface area contributed by atoms with Gasteiger partial charge in [-0.15, -0.1) is 0 Å². The number of aliphatic hydroxyl groups is 1. The molecule has 0 aliphatic carbocycles. The molecule has 14 heavy (non-hydrogen) atoms. The Kier molecular flexibility index (Phi) is 3.92. The first-order chi connectivity index (χ1) is 6.70. The summed E-state index contributed by atoms with van der Waals surface area (Å²) in [5, 5.41) is 9.08. The molecule has 0 aliphatic rings. The van der Waals surface area contributed by atoms with E-state index in [0.29, 0.717) is 5.70 Å². The van der Waals surface area contributed by atoms with Crippen LogP contribution in [0.5, 0.6) is 0 Å². The van der Waals surface area contributed by atoms with E-state index in [9.17, 15) is 0 Å². The van der Waals surface area contributed by atoms with Crippen LogP contribution in [-0.2, 0) is 6.42 Å². The second-order valence-corrected chi connectivity index (χ2v) is 3.17. The molecule has 0 amide bonds. The molecule has 0 radical (unpaired) electrons. The maximum atomic E-state index is 9.08. The maximum absolute atomic E-state index is 9.08. The minimum atomic E-state index is 0.273. The molecule has 0 spiro atoms. The second kappa shape index (κ2) is 5.22. The van der Waals surface area contributed by atoms with Crippen LogP contribution in [-0.4, -0.2) is 11.3 Å². The Bertz CT molecular complexity index is 335. The van der Waals surface area contributed by atoms with Gasteiger partial charge in [-0.1, -0.05) is 30.3 Å². The van der Waals surface area contributed by atoms with Gasteiger partial charge in [0, 0.05) is 12.6 Å². The Hall–Kier alpha value is -1.57. The summed E-state index contributed by atoms with van der Waals surface area (Å²) in [7, 11) is 0. The lowest BCUT2D eigenvalue weighted by molar-refractivity contribution is 0.406. The lowest BCUT2D eigenvalue weighted by Gasteiger charge is -1.95. The molecule has 0 fully saturated rings. The van der Waals surface area contributed by atoms with E-state index >= 15 is 0 Å². The van der Waals surface area contributed by atoms with E-state index < -0.39 is 0 Å². The largest absolute Gasteiger partial charge is 0.511 e. The Morgan fingerprint density at radius 2 is 1.93 bits per heavy atom. The second-order valence-electron chi connectivity index (χ2n) is 3.17. The Morgan fingerprint density at radius 1 is 1.29 bits per heavy atom. The van der Waals surface area contributed by atoms with Crippen LogP contribution in [0.1, 0.15) is 19.4 Å². The quantitative estimate of drug-likeness (QED) is 0.575. The summed E-state index contributed by atoms with van der Waals surface area (Å²) in [6.45, 7) is 3.42.